The number of rotatable bonds is 5. The highest BCUT2D eigenvalue weighted by atomic mass is 16.6. The lowest BCUT2D eigenvalue weighted by atomic mass is 10.2. The molecule has 2 N–H and O–H groups in total. The number of hydrogen-bond acceptors (Lipinski definition) is 6. The molecule has 0 atom stereocenters. The van der Waals surface area contributed by atoms with Gasteiger partial charge in [-0.25, -0.2) is 9.97 Å². The molecule has 1 amide bonds. The Labute approximate surface area is 156 Å². The molecule has 1 aliphatic heterocycles. The number of aromatic nitrogens is 2. The maximum Gasteiger partial charge on any atom is 0.271 e. The summed E-state index contributed by atoms with van der Waals surface area (Å²) in [6.07, 6.45) is 2.97. The van der Waals surface area contributed by atoms with E-state index in [1.165, 1.54) is 12.4 Å². The Balaban J connectivity index is 1.38. The van der Waals surface area contributed by atoms with Crippen molar-refractivity contribution in [2.24, 2.45) is 0 Å². The minimum atomic E-state index is -0.266. The van der Waals surface area contributed by atoms with E-state index in [9.17, 15) is 4.79 Å². The highest BCUT2D eigenvalue weighted by molar-refractivity contribution is 5.92. The third-order valence-corrected chi connectivity index (χ3v) is 3.99. The maximum absolute atomic E-state index is 12.2. The molecule has 0 radical (unpaired) electrons. The van der Waals surface area contributed by atoms with Crippen LogP contribution in [0, 0.1) is 0 Å². The second-order valence-corrected chi connectivity index (χ2v) is 5.94. The van der Waals surface area contributed by atoms with E-state index in [4.69, 9.17) is 9.47 Å². The van der Waals surface area contributed by atoms with E-state index in [0.717, 1.165) is 17.0 Å². The summed E-state index contributed by atoms with van der Waals surface area (Å²) in [4.78, 5) is 20.6. The van der Waals surface area contributed by atoms with E-state index in [0.29, 0.717) is 31.3 Å². The summed E-state index contributed by atoms with van der Waals surface area (Å²) in [6.45, 7) is 1.53. The Morgan fingerprint density at radius 3 is 2.56 bits per heavy atom. The van der Waals surface area contributed by atoms with E-state index < -0.39 is 0 Å². The zero-order valence-electron chi connectivity index (χ0n) is 14.5. The summed E-state index contributed by atoms with van der Waals surface area (Å²) in [7, 11) is 0. The Bertz CT molecular complexity index is 930. The van der Waals surface area contributed by atoms with Crippen molar-refractivity contribution in [1.82, 2.24) is 15.3 Å². The van der Waals surface area contributed by atoms with Crippen molar-refractivity contribution in [2.45, 2.75) is 6.54 Å². The minimum Gasteiger partial charge on any atom is -0.486 e. The van der Waals surface area contributed by atoms with E-state index in [-0.39, 0.29) is 11.6 Å². The molecule has 0 aliphatic carbocycles. The van der Waals surface area contributed by atoms with Gasteiger partial charge in [0.25, 0.3) is 5.91 Å². The molecule has 0 spiro atoms. The fourth-order valence-corrected chi connectivity index (χ4v) is 2.65. The molecule has 0 fully saturated rings. The quantitative estimate of drug-likeness (QED) is 0.726. The Hall–Kier alpha value is -3.61. The lowest BCUT2D eigenvalue weighted by Crippen LogP contribution is -2.24. The maximum atomic E-state index is 12.2. The number of hydrogen-bond donors (Lipinski definition) is 2. The van der Waals surface area contributed by atoms with Crippen molar-refractivity contribution in [3.05, 3.63) is 72.2 Å². The van der Waals surface area contributed by atoms with Crippen molar-refractivity contribution < 1.29 is 14.3 Å². The molecule has 3 aromatic rings. The molecule has 0 saturated carbocycles. The molecule has 4 rings (SSSR count). The van der Waals surface area contributed by atoms with Gasteiger partial charge in [0.2, 0.25) is 0 Å². The van der Waals surface area contributed by atoms with Gasteiger partial charge in [0.05, 0.1) is 12.4 Å². The highest BCUT2D eigenvalue weighted by Crippen LogP contribution is 2.33. The van der Waals surface area contributed by atoms with E-state index in [1.807, 2.05) is 48.5 Å². The Kier molecular flexibility index (Phi) is 4.82. The molecule has 7 nitrogen and oxygen atoms in total. The predicted molar refractivity (Wildman–Crippen MR) is 100 cm³/mol. The van der Waals surface area contributed by atoms with Gasteiger partial charge in [-0.2, -0.15) is 0 Å². The van der Waals surface area contributed by atoms with Crippen molar-refractivity contribution in [1.29, 1.82) is 0 Å². The molecule has 27 heavy (non-hydrogen) atoms. The predicted octanol–water partition coefficient (Wildman–Crippen LogP) is 2.92. The number of carbonyl (C=O) groups excluding carboxylic acids is 1. The summed E-state index contributed by atoms with van der Waals surface area (Å²) in [5.74, 6) is 1.68. The van der Waals surface area contributed by atoms with Gasteiger partial charge in [-0.15, -0.1) is 0 Å². The normalized spacial score (nSPS) is 12.3. The van der Waals surface area contributed by atoms with Gasteiger partial charge >= 0.3 is 0 Å². The second-order valence-electron chi connectivity index (χ2n) is 5.94. The first-order valence-electron chi connectivity index (χ1n) is 8.59. The van der Waals surface area contributed by atoms with Gasteiger partial charge in [-0.1, -0.05) is 30.3 Å². The SMILES string of the molecule is O=C(NCc1ccccc1)c1cnc(Nc2ccc3c(c2)OCCO3)cn1. The zero-order valence-corrected chi connectivity index (χ0v) is 14.5. The molecular formula is C20H18N4O3. The van der Waals surface area contributed by atoms with E-state index in [1.54, 1.807) is 0 Å². The molecule has 0 bridgehead atoms. The molecule has 2 aromatic carbocycles. The van der Waals surface area contributed by atoms with Crippen molar-refractivity contribution in [2.75, 3.05) is 18.5 Å². The number of anilines is 2. The Morgan fingerprint density at radius 1 is 0.963 bits per heavy atom. The monoisotopic (exact) mass is 362 g/mol. The summed E-state index contributed by atoms with van der Waals surface area (Å²) in [6, 6.07) is 15.3. The molecule has 0 unspecified atom stereocenters. The van der Waals surface area contributed by atoms with Crippen LogP contribution in [-0.4, -0.2) is 29.1 Å². The van der Waals surface area contributed by atoms with Crippen LogP contribution in [-0.2, 0) is 6.54 Å². The Morgan fingerprint density at radius 2 is 1.78 bits per heavy atom. The van der Waals surface area contributed by atoms with Gasteiger partial charge in [0.15, 0.2) is 11.5 Å². The number of nitrogens with one attached hydrogen (secondary N) is 2. The third kappa shape index (κ3) is 4.14. The minimum absolute atomic E-state index is 0.263. The summed E-state index contributed by atoms with van der Waals surface area (Å²) < 4.78 is 11.1. The number of benzene rings is 2. The third-order valence-electron chi connectivity index (χ3n) is 3.99. The fraction of sp³-hybridized carbons (Fsp3) is 0.150. The summed E-state index contributed by atoms with van der Waals surface area (Å²) >= 11 is 0. The number of fused-ring (bicyclic) bond motifs is 1. The lowest BCUT2D eigenvalue weighted by Gasteiger charge is -2.19. The van der Waals surface area contributed by atoms with Crippen LogP contribution in [0.15, 0.2) is 60.9 Å². The van der Waals surface area contributed by atoms with Crippen molar-refractivity contribution in [3.63, 3.8) is 0 Å². The molecule has 136 valence electrons. The molecule has 1 aliphatic rings. The van der Waals surface area contributed by atoms with E-state index >= 15 is 0 Å². The van der Waals surface area contributed by atoms with Crippen LogP contribution in [0.2, 0.25) is 0 Å². The molecule has 1 aromatic heterocycles. The molecule has 7 heteroatoms. The largest absolute Gasteiger partial charge is 0.486 e. The van der Waals surface area contributed by atoms with Gasteiger partial charge < -0.3 is 20.1 Å². The lowest BCUT2D eigenvalue weighted by molar-refractivity contribution is 0.0945. The fourth-order valence-electron chi connectivity index (χ4n) is 2.65. The van der Waals surface area contributed by atoms with Gasteiger partial charge in [0.1, 0.15) is 24.7 Å². The van der Waals surface area contributed by atoms with Gasteiger partial charge in [0, 0.05) is 18.3 Å². The standard InChI is InChI=1S/C20H18N4O3/c25-20(23-11-14-4-2-1-3-5-14)16-12-22-19(13-21-16)24-15-6-7-17-18(10-15)27-9-8-26-17/h1-7,10,12-13H,8-9,11H2,(H,22,24)(H,23,25). The van der Waals surface area contributed by atoms with Gasteiger partial charge in [-0.3, -0.25) is 4.79 Å². The highest BCUT2D eigenvalue weighted by Gasteiger charge is 2.12. The number of nitrogens with zero attached hydrogens (tertiary/aromatic N) is 2. The molecule has 2 heterocycles. The van der Waals surface area contributed by atoms with Crippen LogP contribution < -0.4 is 20.1 Å². The van der Waals surface area contributed by atoms with Gasteiger partial charge in [-0.05, 0) is 17.7 Å². The molecular weight excluding hydrogens is 344 g/mol. The average molecular weight is 362 g/mol. The summed E-state index contributed by atoms with van der Waals surface area (Å²) in [5.41, 5.74) is 2.09. The smallest absolute Gasteiger partial charge is 0.271 e. The van der Waals surface area contributed by atoms with Crippen molar-refractivity contribution >= 4 is 17.4 Å². The first-order chi connectivity index (χ1) is 13.3. The van der Waals surface area contributed by atoms with Crippen LogP contribution in [0.4, 0.5) is 11.5 Å². The first-order valence-corrected chi connectivity index (χ1v) is 8.59. The number of carbonyl (C=O) groups is 1. The van der Waals surface area contributed by atoms with E-state index in [2.05, 4.69) is 20.6 Å². The van der Waals surface area contributed by atoms with Crippen LogP contribution in [0.25, 0.3) is 0 Å². The number of ether oxygens (including phenoxy) is 2. The molecule has 0 saturated heterocycles. The number of amides is 1. The summed E-state index contributed by atoms with van der Waals surface area (Å²) in [5, 5.41) is 5.96. The van der Waals surface area contributed by atoms with Crippen LogP contribution in [0.3, 0.4) is 0 Å². The second kappa shape index (κ2) is 7.74. The van der Waals surface area contributed by atoms with Crippen LogP contribution in [0.5, 0.6) is 11.5 Å². The average Bonchev–Trinajstić information content (AvgIpc) is 2.73. The topological polar surface area (TPSA) is 85.4 Å². The first kappa shape index (κ1) is 16.8. The van der Waals surface area contributed by atoms with Crippen LogP contribution >= 0.6 is 0 Å². The van der Waals surface area contributed by atoms with Crippen molar-refractivity contribution in [3.8, 4) is 11.5 Å². The zero-order chi connectivity index (χ0) is 18.5. The van der Waals surface area contributed by atoms with Crippen LogP contribution in [0.1, 0.15) is 16.1 Å².